The number of ether oxygens (including phenoxy) is 3. The Morgan fingerprint density at radius 1 is 0.557 bits per heavy atom. The maximum Gasteiger partial charge on any atom is 0.416 e. The number of fused-ring (bicyclic) bond motifs is 2. The number of esters is 1. The third-order valence-corrected chi connectivity index (χ3v) is 11.1. The molecule has 4 aromatic carbocycles. The van der Waals surface area contributed by atoms with Crippen molar-refractivity contribution in [2.45, 2.75) is 82.6 Å². The van der Waals surface area contributed by atoms with Crippen molar-refractivity contribution < 1.29 is 91.2 Å². The van der Waals surface area contributed by atoms with Gasteiger partial charge in [-0.25, -0.2) is 19.2 Å². The first-order chi connectivity index (χ1) is 32.5. The Kier molecular flexibility index (Phi) is 16.8. The Morgan fingerprint density at radius 2 is 0.914 bits per heavy atom. The van der Waals surface area contributed by atoms with Crippen molar-refractivity contribution >= 4 is 36.3 Å². The van der Waals surface area contributed by atoms with Crippen LogP contribution in [0.25, 0.3) is 12.2 Å². The highest BCUT2D eigenvalue weighted by atomic mass is 19.4. The molecule has 0 spiro atoms. The SMILES string of the molecule is CCOC(=O)/C=C/c1ccc2c(c1)C(N(C)C(=O)OCc1cc(C(F)(F)F)cc(C(F)(F)F)c1)CC2.CN(C(=O)OCc1cc(C(F)(F)F)cc(C(F)(F)F)c1)C1CCc2ccc(/C=C/C(=O)O)cc21. The first-order valence-electron chi connectivity index (χ1n) is 20.9. The Bertz CT molecular complexity index is 2570. The van der Waals surface area contributed by atoms with Crippen LogP contribution in [0.15, 0.2) is 84.9 Å². The molecule has 70 heavy (non-hydrogen) atoms. The number of rotatable bonds is 11. The molecule has 4 aromatic rings. The van der Waals surface area contributed by atoms with Gasteiger partial charge in [0.05, 0.1) is 40.9 Å². The number of benzene rings is 4. The summed E-state index contributed by atoms with van der Waals surface area (Å²) >= 11 is 0. The summed E-state index contributed by atoms with van der Waals surface area (Å²) in [5, 5.41) is 8.78. The van der Waals surface area contributed by atoms with E-state index in [1.807, 2.05) is 6.07 Å². The lowest BCUT2D eigenvalue weighted by Crippen LogP contribution is -2.30. The minimum atomic E-state index is -5.00. The largest absolute Gasteiger partial charge is 0.478 e. The third-order valence-electron chi connectivity index (χ3n) is 11.1. The van der Waals surface area contributed by atoms with E-state index < -0.39 is 108 Å². The molecule has 2 amide bonds. The number of nitrogens with zero attached hydrogens (tertiary/aromatic N) is 2. The van der Waals surface area contributed by atoms with Gasteiger partial charge in [-0.3, -0.25) is 0 Å². The predicted octanol–water partition coefficient (Wildman–Crippen LogP) is 12.6. The molecule has 22 heteroatoms. The van der Waals surface area contributed by atoms with Crippen LogP contribution in [-0.2, 0) is 74.6 Å². The number of alkyl halides is 12. The van der Waals surface area contributed by atoms with E-state index in [1.54, 1.807) is 43.3 Å². The second-order valence-corrected chi connectivity index (χ2v) is 15.9. The number of hydrogen-bond donors (Lipinski definition) is 1. The van der Waals surface area contributed by atoms with Crippen molar-refractivity contribution in [1.82, 2.24) is 9.80 Å². The predicted molar refractivity (Wildman–Crippen MR) is 226 cm³/mol. The molecule has 0 bridgehead atoms. The first kappa shape index (κ1) is 53.9. The molecule has 2 atom stereocenters. The monoisotopic (exact) mass is 1000 g/mol. The van der Waals surface area contributed by atoms with Gasteiger partial charge in [0.15, 0.2) is 0 Å². The van der Waals surface area contributed by atoms with Gasteiger partial charge in [0.25, 0.3) is 0 Å². The van der Waals surface area contributed by atoms with Crippen LogP contribution in [0.1, 0.15) is 98.6 Å². The number of aliphatic carboxylic acids is 1. The van der Waals surface area contributed by atoms with Gasteiger partial charge in [0, 0.05) is 26.2 Å². The maximum absolute atomic E-state index is 13.1. The van der Waals surface area contributed by atoms with Crippen LogP contribution in [-0.4, -0.2) is 59.7 Å². The van der Waals surface area contributed by atoms with Crippen LogP contribution in [0.2, 0.25) is 0 Å². The van der Waals surface area contributed by atoms with E-state index in [2.05, 4.69) is 0 Å². The van der Waals surface area contributed by atoms with E-state index in [1.165, 1.54) is 36.0 Å². The molecule has 0 aromatic heterocycles. The zero-order valence-electron chi connectivity index (χ0n) is 37.1. The summed E-state index contributed by atoms with van der Waals surface area (Å²) in [6.45, 7) is 0.373. The second kappa shape index (κ2) is 21.7. The molecular formula is C48H42F12N2O8. The van der Waals surface area contributed by atoms with Crippen molar-refractivity contribution in [1.29, 1.82) is 0 Å². The summed E-state index contributed by atoms with van der Waals surface area (Å²) < 4.78 is 171. The zero-order valence-corrected chi connectivity index (χ0v) is 37.1. The van der Waals surface area contributed by atoms with Crippen LogP contribution in [0.4, 0.5) is 62.3 Å². The van der Waals surface area contributed by atoms with Gasteiger partial charge in [-0.15, -0.1) is 0 Å². The Morgan fingerprint density at radius 3 is 1.24 bits per heavy atom. The van der Waals surface area contributed by atoms with Gasteiger partial charge in [-0.2, -0.15) is 52.7 Å². The fourth-order valence-corrected chi connectivity index (χ4v) is 7.69. The molecule has 1 N–H and O–H groups in total. The van der Waals surface area contributed by atoms with Gasteiger partial charge >= 0.3 is 48.8 Å². The minimum Gasteiger partial charge on any atom is -0.478 e. The molecule has 0 radical (unpaired) electrons. The molecule has 0 aliphatic heterocycles. The number of amides is 2. The highest BCUT2D eigenvalue weighted by Gasteiger charge is 2.39. The number of aryl methyl sites for hydroxylation is 2. The average molecular weight is 1000 g/mol. The number of carbonyl (C=O) groups excluding carboxylic acids is 3. The van der Waals surface area contributed by atoms with Crippen LogP contribution in [0.5, 0.6) is 0 Å². The summed E-state index contributed by atoms with van der Waals surface area (Å²) in [6, 6.07) is 11.9. The molecule has 0 saturated carbocycles. The van der Waals surface area contributed by atoms with Crippen molar-refractivity contribution in [2.24, 2.45) is 0 Å². The standard InChI is InChI=1S/C25H23F6NO4.C23H19F6NO4/c1-3-35-22(33)9-5-15-4-6-17-7-8-21(20(17)12-15)32(2)23(34)36-14-16-10-18(24(26,27)28)13-19(11-16)25(29,30)31;1-30(19-6-5-15-4-2-13(10-18(15)19)3-7-20(31)32)21(33)34-12-14-8-16(22(24,25)26)11-17(9-14)23(27,28)29/h4-6,9-13,21H,3,7-8,14H2,1-2H3;2-4,7-11,19H,5-6,12H2,1H3,(H,31,32)/b9-5+;7-3+. The van der Waals surface area contributed by atoms with E-state index in [0.717, 1.165) is 28.3 Å². The number of carboxylic acid groups (broad SMARTS) is 1. The van der Waals surface area contributed by atoms with Gasteiger partial charge in [-0.1, -0.05) is 24.3 Å². The minimum absolute atomic E-state index is 0.00327. The fraction of sp³-hybridized carbons (Fsp3) is 0.333. The molecule has 0 fully saturated rings. The Hall–Kier alpha value is -7.00. The highest BCUT2D eigenvalue weighted by molar-refractivity contribution is 5.87. The number of carbonyl (C=O) groups is 4. The number of hydrogen-bond acceptors (Lipinski definition) is 7. The lowest BCUT2D eigenvalue weighted by atomic mass is 10.0. The van der Waals surface area contributed by atoms with E-state index >= 15 is 0 Å². The molecule has 10 nitrogen and oxygen atoms in total. The van der Waals surface area contributed by atoms with Crippen LogP contribution in [0, 0.1) is 0 Å². The van der Waals surface area contributed by atoms with Crippen LogP contribution < -0.4 is 0 Å². The Balaban J connectivity index is 0.000000261. The van der Waals surface area contributed by atoms with E-state index in [-0.39, 0.29) is 18.7 Å². The molecule has 376 valence electrons. The zero-order chi connectivity index (χ0) is 51.9. The first-order valence-corrected chi connectivity index (χ1v) is 20.9. The summed E-state index contributed by atoms with van der Waals surface area (Å²) in [5.74, 6) is -1.63. The molecular weight excluding hydrogens is 961 g/mol. The summed E-state index contributed by atoms with van der Waals surface area (Å²) in [5.41, 5.74) is -2.07. The lowest BCUT2D eigenvalue weighted by molar-refractivity contribution is -0.144. The van der Waals surface area contributed by atoms with Crippen LogP contribution >= 0.6 is 0 Å². The van der Waals surface area contributed by atoms with Gasteiger partial charge in [0.2, 0.25) is 0 Å². The van der Waals surface area contributed by atoms with Crippen molar-refractivity contribution in [3.05, 3.63) is 152 Å². The smallest absolute Gasteiger partial charge is 0.416 e. The molecule has 6 rings (SSSR count). The summed E-state index contributed by atoms with van der Waals surface area (Å²) in [7, 11) is 2.85. The summed E-state index contributed by atoms with van der Waals surface area (Å²) in [4.78, 5) is 49.9. The molecule has 2 aliphatic rings. The third kappa shape index (κ3) is 14.3. The average Bonchev–Trinajstić information content (AvgIpc) is 3.91. The van der Waals surface area contributed by atoms with E-state index in [4.69, 9.17) is 19.3 Å². The molecule has 0 heterocycles. The maximum atomic E-state index is 13.1. The number of carboxylic acids is 1. The van der Waals surface area contributed by atoms with E-state index in [9.17, 15) is 71.9 Å². The van der Waals surface area contributed by atoms with Crippen LogP contribution in [0.3, 0.4) is 0 Å². The highest BCUT2D eigenvalue weighted by Crippen LogP contribution is 2.40. The van der Waals surface area contributed by atoms with Crippen molar-refractivity contribution in [3.63, 3.8) is 0 Å². The Labute approximate surface area is 391 Å². The van der Waals surface area contributed by atoms with Gasteiger partial charge in [-0.05, 0) is 138 Å². The lowest BCUT2D eigenvalue weighted by Gasteiger charge is -2.25. The quantitative estimate of drug-likeness (QED) is 0.0682. The summed E-state index contributed by atoms with van der Waals surface area (Å²) in [6.07, 6.45) is -14.3. The van der Waals surface area contributed by atoms with Crippen molar-refractivity contribution in [3.8, 4) is 0 Å². The number of halogens is 12. The van der Waals surface area contributed by atoms with Gasteiger partial charge < -0.3 is 29.1 Å². The molecule has 2 unspecified atom stereocenters. The van der Waals surface area contributed by atoms with Crippen molar-refractivity contribution in [2.75, 3.05) is 20.7 Å². The molecule has 0 saturated heterocycles. The van der Waals surface area contributed by atoms with E-state index in [0.29, 0.717) is 61.1 Å². The second-order valence-electron chi connectivity index (χ2n) is 15.9. The molecule has 2 aliphatic carbocycles. The topological polar surface area (TPSA) is 123 Å². The van der Waals surface area contributed by atoms with Gasteiger partial charge in [0.1, 0.15) is 13.2 Å². The normalized spacial score (nSPS) is 15.8. The fourth-order valence-electron chi connectivity index (χ4n) is 7.69.